The maximum atomic E-state index is 13.4. The maximum Gasteiger partial charge on any atom is 0.397 e. The Balaban J connectivity index is 2.39. The van der Waals surface area contributed by atoms with Crippen molar-refractivity contribution < 1.29 is 57.8 Å². The quantitative estimate of drug-likeness (QED) is 0.319. The van der Waals surface area contributed by atoms with Crippen LogP contribution in [-0.4, -0.2) is 6.54 Å². The van der Waals surface area contributed by atoms with Crippen molar-refractivity contribution in [1.29, 1.82) is 0 Å². The summed E-state index contributed by atoms with van der Waals surface area (Å²) in [5.41, 5.74) is 0. The molecule has 0 N–H and O–H groups in total. The summed E-state index contributed by atoms with van der Waals surface area (Å²) in [6, 6.07) is 0. The Labute approximate surface area is 135 Å². The lowest BCUT2D eigenvalue weighted by molar-refractivity contribution is -0.107. The predicted octanol–water partition coefficient (Wildman–Crippen LogP) is 4.79. The Morgan fingerprint density at radius 2 is 0.577 bits per heavy atom. The minimum Gasteiger partial charge on any atom is -0.422 e. The molecule has 0 spiro atoms. The van der Waals surface area contributed by atoms with Crippen LogP contribution < -0.4 is 9.47 Å². The largest absolute Gasteiger partial charge is 0.422 e. The van der Waals surface area contributed by atoms with E-state index in [1.54, 1.807) is 0 Å². The van der Waals surface area contributed by atoms with Crippen LogP contribution in [0.4, 0.5) is 48.3 Å². The molecule has 2 aromatic carbocycles. The van der Waals surface area contributed by atoms with E-state index in [0.717, 1.165) is 0 Å². The molecular weight excluding hydrogens is 397 g/mol. The molecule has 0 aromatic heterocycles. The second kappa shape index (κ2) is 6.88. The topological polar surface area (TPSA) is 18.5 Å². The van der Waals surface area contributed by atoms with Crippen LogP contribution >= 0.6 is 0 Å². The van der Waals surface area contributed by atoms with Gasteiger partial charge in [0.05, 0.1) is 0 Å². The first-order valence-electron chi connectivity index (χ1n) is 5.99. The highest BCUT2D eigenvalue weighted by molar-refractivity contribution is 5.31. The van der Waals surface area contributed by atoms with Crippen molar-refractivity contribution in [1.82, 2.24) is 0 Å². The number of alkyl halides is 1. The molecule has 2 rings (SSSR count). The van der Waals surface area contributed by atoms with E-state index in [-0.39, 0.29) is 0 Å². The smallest absolute Gasteiger partial charge is 0.397 e. The van der Waals surface area contributed by atoms with Crippen molar-refractivity contribution in [3.05, 3.63) is 58.2 Å². The summed E-state index contributed by atoms with van der Waals surface area (Å²) >= 11 is 0. The van der Waals surface area contributed by atoms with Crippen LogP contribution in [0.25, 0.3) is 0 Å². The fourth-order valence-corrected chi connectivity index (χ4v) is 1.59. The van der Waals surface area contributed by atoms with Crippen LogP contribution in [-0.2, 0) is 0 Å². The zero-order chi connectivity index (χ0) is 19.9. The van der Waals surface area contributed by atoms with E-state index in [1.165, 1.54) is 0 Å². The summed E-state index contributed by atoms with van der Waals surface area (Å²) in [6.45, 7) is -3.73. The third kappa shape index (κ3) is 3.08. The highest BCUT2D eigenvalue weighted by Crippen LogP contribution is 2.33. The SMILES string of the molecule is Fc1c(F)c(F)c(OC(F)Oc2c(F)c(F)c(F)c(F)c2F)c(F)c1F. The standard InChI is InChI=1S/C13HF11O2/c14-1-3(16)7(20)11(8(21)4(1)17)25-13(24)26-12-9(22)5(18)2(15)6(19)10(12)23/h13H. The van der Waals surface area contributed by atoms with E-state index in [1.807, 2.05) is 0 Å². The van der Waals surface area contributed by atoms with Crippen LogP contribution in [0, 0.1) is 58.2 Å². The van der Waals surface area contributed by atoms with E-state index >= 15 is 0 Å². The number of halogens is 11. The summed E-state index contributed by atoms with van der Waals surface area (Å²) < 4.78 is 151. The van der Waals surface area contributed by atoms with Crippen molar-refractivity contribution in [2.45, 2.75) is 6.54 Å². The summed E-state index contributed by atoms with van der Waals surface area (Å²) in [5, 5.41) is 0. The first-order chi connectivity index (χ1) is 12.0. The molecular formula is C13HF11O2. The third-order valence-electron chi connectivity index (χ3n) is 2.76. The van der Waals surface area contributed by atoms with Crippen molar-refractivity contribution >= 4 is 0 Å². The molecule has 0 aliphatic rings. The minimum atomic E-state index is -3.73. The summed E-state index contributed by atoms with van der Waals surface area (Å²) in [6.07, 6.45) is 0. The van der Waals surface area contributed by atoms with Crippen LogP contribution in [0.2, 0.25) is 0 Å². The summed E-state index contributed by atoms with van der Waals surface area (Å²) in [7, 11) is 0. The lowest BCUT2D eigenvalue weighted by atomic mass is 10.2. The van der Waals surface area contributed by atoms with Gasteiger partial charge in [-0.25, -0.2) is 26.3 Å². The molecule has 0 aliphatic heterocycles. The lowest BCUT2D eigenvalue weighted by Crippen LogP contribution is -2.22. The highest BCUT2D eigenvalue weighted by Gasteiger charge is 2.32. The van der Waals surface area contributed by atoms with Gasteiger partial charge in [-0.3, -0.25) is 0 Å². The second-order valence-corrected chi connectivity index (χ2v) is 4.31. The fourth-order valence-electron chi connectivity index (χ4n) is 1.59. The van der Waals surface area contributed by atoms with Gasteiger partial charge < -0.3 is 9.47 Å². The number of ether oxygens (including phenoxy) is 2. The average Bonchev–Trinajstić information content (AvgIpc) is 2.62. The Morgan fingerprint density at radius 1 is 0.385 bits per heavy atom. The van der Waals surface area contributed by atoms with Gasteiger partial charge in [0.1, 0.15) is 0 Å². The van der Waals surface area contributed by atoms with Crippen LogP contribution in [0.15, 0.2) is 0 Å². The minimum absolute atomic E-state index is 2.25. The van der Waals surface area contributed by atoms with Crippen molar-refractivity contribution in [2.24, 2.45) is 0 Å². The molecule has 0 atom stereocenters. The van der Waals surface area contributed by atoms with Gasteiger partial charge in [0.25, 0.3) is 0 Å². The molecule has 0 radical (unpaired) electrons. The molecule has 0 aliphatic carbocycles. The molecule has 26 heavy (non-hydrogen) atoms. The molecule has 142 valence electrons. The fraction of sp³-hybridized carbons (Fsp3) is 0.0769. The zero-order valence-electron chi connectivity index (χ0n) is 11.6. The Hall–Kier alpha value is -2.73. The van der Waals surface area contributed by atoms with Crippen LogP contribution in [0.1, 0.15) is 0 Å². The van der Waals surface area contributed by atoms with E-state index in [9.17, 15) is 48.3 Å². The molecule has 0 heterocycles. The van der Waals surface area contributed by atoms with E-state index in [4.69, 9.17) is 0 Å². The maximum absolute atomic E-state index is 13.4. The number of hydrogen-bond donors (Lipinski definition) is 0. The summed E-state index contributed by atoms with van der Waals surface area (Å²) in [4.78, 5) is 0. The van der Waals surface area contributed by atoms with E-state index in [2.05, 4.69) is 9.47 Å². The molecule has 0 saturated heterocycles. The Morgan fingerprint density at radius 3 is 0.808 bits per heavy atom. The van der Waals surface area contributed by atoms with Crippen molar-refractivity contribution in [3.63, 3.8) is 0 Å². The molecule has 0 unspecified atom stereocenters. The molecule has 2 nitrogen and oxygen atoms in total. The molecule has 0 bridgehead atoms. The third-order valence-corrected chi connectivity index (χ3v) is 2.76. The van der Waals surface area contributed by atoms with Gasteiger partial charge in [-0.2, -0.15) is 22.0 Å². The zero-order valence-corrected chi connectivity index (χ0v) is 11.6. The Kier molecular flexibility index (Phi) is 5.18. The highest BCUT2D eigenvalue weighted by atomic mass is 19.2. The summed E-state index contributed by atoms with van der Waals surface area (Å²) in [5.74, 6) is -30.7. The number of hydrogen-bond acceptors (Lipinski definition) is 2. The van der Waals surface area contributed by atoms with Crippen LogP contribution in [0.5, 0.6) is 11.5 Å². The van der Waals surface area contributed by atoms with Crippen molar-refractivity contribution in [2.75, 3.05) is 0 Å². The number of benzene rings is 2. The first kappa shape index (κ1) is 19.6. The molecule has 13 heteroatoms. The first-order valence-corrected chi connectivity index (χ1v) is 5.99. The Bertz CT molecular complexity index is 754. The van der Waals surface area contributed by atoms with Gasteiger partial charge in [0.2, 0.25) is 69.7 Å². The molecule has 0 amide bonds. The second-order valence-electron chi connectivity index (χ2n) is 4.31. The van der Waals surface area contributed by atoms with Gasteiger partial charge in [-0.15, -0.1) is 0 Å². The van der Waals surface area contributed by atoms with Gasteiger partial charge in [0, 0.05) is 0 Å². The van der Waals surface area contributed by atoms with Crippen molar-refractivity contribution in [3.8, 4) is 11.5 Å². The number of rotatable bonds is 4. The van der Waals surface area contributed by atoms with Gasteiger partial charge in [0.15, 0.2) is 0 Å². The van der Waals surface area contributed by atoms with Crippen LogP contribution in [0.3, 0.4) is 0 Å². The molecule has 2 aromatic rings. The lowest BCUT2D eigenvalue weighted by Gasteiger charge is -2.16. The predicted molar refractivity (Wildman–Crippen MR) is 58.6 cm³/mol. The average molecular weight is 398 g/mol. The van der Waals surface area contributed by atoms with Gasteiger partial charge >= 0.3 is 6.54 Å². The van der Waals surface area contributed by atoms with E-state index in [0.29, 0.717) is 0 Å². The monoisotopic (exact) mass is 398 g/mol. The van der Waals surface area contributed by atoms with Gasteiger partial charge in [-0.1, -0.05) is 0 Å². The molecule has 0 fully saturated rings. The molecule has 0 saturated carbocycles. The normalized spacial score (nSPS) is 11.2. The van der Waals surface area contributed by atoms with Gasteiger partial charge in [-0.05, 0) is 0 Å². The van der Waals surface area contributed by atoms with E-state index < -0.39 is 76.2 Å².